The predicted octanol–water partition coefficient (Wildman–Crippen LogP) is 1.27. The fraction of sp³-hybridized carbons (Fsp3) is 0.538. The monoisotopic (exact) mass is 237 g/mol. The van der Waals surface area contributed by atoms with Crippen molar-refractivity contribution in [3.8, 4) is 11.5 Å². The van der Waals surface area contributed by atoms with Crippen molar-refractivity contribution < 1.29 is 14.6 Å². The van der Waals surface area contributed by atoms with E-state index >= 15 is 0 Å². The molecule has 0 atom stereocenters. The molecular formula is C13H19NO3. The number of aliphatic hydroxyl groups is 1. The molecular weight excluding hydrogens is 218 g/mol. The first-order valence-corrected chi connectivity index (χ1v) is 5.97. The van der Waals surface area contributed by atoms with Crippen molar-refractivity contribution in [3.63, 3.8) is 0 Å². The molecule has 0 saturated heterocycles. The standard InChI is InChI=1S/C13H19NO3/c1-14(5-6-15)10-11-3-4-12-13(9-11)17-8-2-7-16-12/h3-4,9,15H,2,5-8,10H2,1H3. The number of nitrogens with zero attached hydrogens (tertiary/aromatic N) is 1. The number of likely N-dealkylation sites (N-methyl/N-ethyl adjacent to an activating group) is 1. The van der Waals surface area contributed by atoms with Gasteiger partial charge in [0.15, 0.2) is 11.5 Å². The van der Waals surface area contributed by atoms with Crippen LogP contribution < -0.4 is 9.47 Å². The van der Waals surface area contributed by atoms with E-state index in [1.54, 1.807) is 0 Å². The van der Waals surface area contributed by atoms with Crippen molar-refractivity contribution in [1.29, 1.82) is 0 Å². The van der Waals surface area contributed by atoms with Crippen molar-refractivity contribution in [2.45, 2.75) is 13.0 Å². The Morgan fingerprint density at radius 3 is 2.76 bits per heavy atom. The Labute approximate surface area is 102 Å². The third-order valence-corrected chi connectivity index (χ3v) is 2.75. The van der Waals surface area contributed by atoms with Gasteiger partial charge in [0.05, 0.1) is 19.8 Å². The summed E-state index contributed by atoms with van der Waals surface area (Å²) in [6, 6.07) is 6.03. The van der Waals surface area contributed by atoms with E-state index in [1.165, 1.54) is 5.56 Å². The van der Waals surface area contributed by atoms with Crippen LogP contribution in [0.25, 0.3) is 0 Å². The van der Waals surface area contributed by atoms with Crippen LogP contribution in [0.2, 0.25) is 0 Å². The molecule has 94 valence electrons. The first-order valence-electron chi connectivity index (χ1n) is 5.97. The Hall–Kier alpha value is -1.26. The van der Waals surface area contributed by atoms with Crippen molar-refractivity contribution >= 4 is 0 Å². The third-order valence-electron chi connectivity index (χ3n) is 2.75. The zero-order valence-corrected chi connectivity index (χ0v) is 10.2. The van der Waals surface area contributed by atoms with E-state index < -0.39 is 0 Å². The van der Waals surface area contributed by atoms with Gasteiger partial charge in [-0.25, -0.2) is 0 Å². The lowest BCUT2D eigenvalue weighted by atomic mass is 10.2. The second-order valence-corrected chi connectivity index (χ2v) is 4.29. The summed E-state index contributed by atoms with van der Waals surface area (Å²) in [5.74, 6) is 1.66. The molecule has 0 radical (unpaired) electrons. The fourth-order valence-corrected chi connectivity index (χ4v) is 1.87. The van der Waals surface area contributed by atoms with Gasteiger partial charge in [0, 0.05) is 19.5 Å². The van der Waals surface area contributed by atoms with Crippen LogP contribution in [0.1, 0.15) is 12.0 Å². The summed E-state index contributed by atoms with van der Waals surface area (Å²) in [7, 11) is 1.99. The number of benzene rings is 1. The van der Waals surface area contributed by atoms with Crippen LogP contribution in [0.5, 0.6) is 11.5 Å². The summed E-state index contributed by atoms with van der Waals surface area (Å²) in [5, 5.41) is 8.86. The minimum Gasteiger partial charge on any atom is -0.490 e. The Kier molecular flexibility index (Phi) is 4.23. The van der Waals surface area contributed by atoms with Crippen LogP contribution in [0.3, 0.4) is 0 Å². The zero-order chi connectivity index (χ0) is 12.1. The lowest BCUT2D eigenvalue weighted by molar-refractivity contribution is 0.217. The Bertz CT molecular complexity index is 368. The van der Waals surface area contributed by atoms with Crippen molar-refractivity contribution in [2.24, 2.45) is 0 Å². The normalized spacial score (nSPS) is 14.8. The highest BCUT2D eigenvalue weighted by Crippen LogP contribution is 2.30. The molecule has 0 unspecified atom stereocenters. The molecule has 1 aromatic rings. The van der Waals surface area contributed by atoms with Crippen molar-refractivity contribution in [2.75, 3.05) is 33.4 Å². The van der Waals surface area contributed by atoms with Crippen LogP contribution in [-0.2, 0) is 6.54 Å². The Morgan fingerprint density at radius 1 is 1.24 bits per heavy atom. The van der Waals surface area contributed by atoms with Crippen molar-refractivity contribution in [3.05, 3.63) is 23.8 Å². The highest BCUT2D eigenvalue weighted by Gasteiger charge is 2.11. The van der Waals surface area contributed by atoms with E-state index in [9.17, 15) is 0 Å². The fourth-order valence-electron chi connectivity index (χ4n) is 1.87. The summed E-state index contributed by atoms with van der Waals surface area (Å²) in [6.45, 7) is 3.09. The van der Waals surface area contributed by atoms with Gasteiger partial charge in [-0.15, -0.1) is 0 Å². The van der Waals surface area contributed by atoms with Crippen LogP contribution in [0, 0.1) is 0 Å². The van der Waals surface area contributed by atoms with Gasteiger partial charge in [0.25, 0.3) is 0 Å². The average Bonchev–Trinajstić information content (AvgIpc) is 2.53. The van der Waals surface area contributed by atoms with Crippen LogP contribution in [0.4, 0.5) is 0 Å². The summed E-state index contributed by atoms with van der Waals surface area (Å²) in [5.41, 5.74) is 1.17. The number of hydrogen-bond donors (Lipinski definition) is 1. The SMILES string of the molecule is CN(CCO)Cc1ccc2c(c1)OCCCO2. The van der Waals surface area contributed by atoms with Crippen LogP contribution in [0.15, 0.2) is 18.2 Å². The summed E-state index contributed by atoms with van der Waals surface area (Å²) < 4.78 is 11.2. The number of hydrogen-bond acceptors (Lipinski definition) is 4. The molecule has 17 heavy (non-hydrogen) atoms. The van der Waals surface area contributed by atoms with Gasteiger partial charge in [0.2, 0.25) is 0 Å². The third kappa shape index (κ3) is 3.35. The molecule has 1 aliphatic rings. The molecule has 0 bridgehead atoms. The maximum atomic E-state index is 8.86. The summed E-state index contributed by atoms with van der Waals surface area (Å²) in [6.07, 6.45) is 0.925. The molecule has 0 spiro atoms. The minimum absolute atomic E-state index is 0.182. The highest BCUT2D eigenvalue weighted by molar-refractivity contribution is 5.43. The molecule has 0 saturated carbocycles. The molecule has 2 rings (SSSR count). The molecule has 4 nitrogen and oxygen atoms in total. The lowest BCUT2D eigenvalue weighted by Crippen LogP contribution is -2.21. The molecule has 4 heteroatoms. The van der Waals surface area contributed by atoms with Gasteiger partial charge in [0.1, 0.15) is 0 Å². The molecule has 1 N–H and O–H groups in total. The van der Waals surface area contributed by atoms with Gasteiger partial charge in [-0.05, 0) is 24.7 Å². The average molecular weight is 237 g/mol. The van der Waals surface area contributed by atoms with E-state index in [0.29, 0.717) is 13.2 Å². The smallest absolute Gasteiger partial charge is 0.161 e. The second kappa shape index (κ2) is 5.89. The van der Waals surface area contributed by atoms with E-state index in [4.69, 9.17) is 14.6 Å². The van der Waals surface area contributed by atoms with E-state index in [0.717, 1.165) is 31.1 Å². The largest absolute Gasteiger partial charge is 0.490 e. The molecule has 1 heterocycles. The van der Waals surface area contributed by atoms with Crippen molar-refractivity contribution in [1.82, 2.24) is 4.90 Å². The Balaban J connectivity index is 2.07. The number of ether oxygens (including phenoxy) is 2. The van der Waals surface area contributed by atoms with E-state index in [2.05, 4.69) is 4.90 Å². The first-order chi connectivity index (χ1) is 8.29. The Morgan fingerprint density at radius 2 is 2.00 bits per heavy atom. The minimum atomic E-state index is 0.182. The molecule has 0 fully saturated rings. The maximum Gasteiger partial charge on any atom is 0.161 e. The second-order valence-electron chi connectivity index (χ2n) is 4.29. The van der Waals surface area contributed by atoms with Gasteiger partial charge < -0.3 is 14.6 Å². The number of fused-ring (bicyclic) bond motifs is 1. The summed E-state index contributed by atoms with van der Waals surface area (Å²) >= 11 is 0. The molecule has 0 aromatic heterocycles. The molecule has 1 aliphatic heterocycles. The quantitative estimate of drug-likeness (QED) is 0.856. The predicted molar refractivity (Wildman–Crippen MR) is 65.5 cm³/mol. The first kappa shape index (κ1) is 12.2. The molecule has 0 aliphatic carbocycles. The zero-order valence-electron chi connectivity index (χ0n) is 10.2. The van der Waals surface area contributed by atoms with E-state index in [1.807, 2.05) is 25.2 Å². The molecule has 1 aromatic carbocycles. The topological polar surface area (TPSA) is 41.9 Å². The molecule has 0 amide bonds. The van der Waals surface area contributed by atoms with E-state index in [-0.39, 0.29) is 6.61 Å². The number of rotatable bonds is 4. The van der Waals surface area contributed by atoms with Crippen LogP contribution >= 0.6 is 0 Å². The maximum absolute atomic E-state index is 8.86. The van der Waals surface area contributed by atoms with Gasteiger partial charge in [-0.1, -0.05) is 6.07 Å². The van der Waals surface area contributed by atoms with Gasteiger partial charge in [-0.2, -0.15) is 0 Å². The number of aliphatic hydroxyl groups excluding tert-OH is 1. The van der Waals surface area contributed by atoms with Crippen LogP contribution in [-0.4, -0.2) is 43.4 Å². The lowest BCUT2D eigenvalue weighted by Gasteiger charge is -2.16. The summed E-state index contributed by atoms with van der Waals surface area (Å²) in [4.78, 5) is 2.07. The van der Waals surface area contributed by atoms with Gasteiger partial charge in [-0.3, -0.25) is 4.90 Å². The highest BCUT2D eigenvalue weighted by atomic mass is 16.5. The van der Waals surface area contributed by atoms with Gasteiger partial charge >= 0.3 is 0 Å².